The molecule has 2 aliphatic rings. The van der Waals surface area contributed by atoms with Gasteiger partial charge in [-0.2, -0.15) is 0 Å². The lowest BCUT2D eigenvalue weighted by molar-refractivity contribution is 0.141. The minimum absolute atomic E-state index is 0. The number of rotatable bonds is 2. The number of hydrogen-bond donors (Lipinski definition) is 1. The number of halogens is 1. The van der Waals surface area contributed by atoms with E-state index in [1.54, 1.807) is 0 Å². The maximum atomic E-state index is 4.40. The van der Waals surface area contributed by atoms with E-state index in [1.165, 1.54) is 38.3 Å². The molecular formula is C13H20ClN3. The minimum atomic E-state index is 0. The third kappa shape index (κ3) is 2.97. The zero-order chi connectivity index (χ0) is 10.8. The van der Waals surface area contributed by atoms with E-state index in [-0.39, 0.29) is 12.4 Å². The molecule has 3 nitrogen and oxygen atoms in total. The molecule has 2 aliphatic heterocycles. The molecule has 17 heavy (non-hydrogen) atoms. The summed E-state index contributed by atoms with van der Waals surface area (Å²) in [6.07, 6.45) is 3.24. The Morgan fingerprint density at radius 3 is 3.00 bits per heavy atom. The van der Waals surface area contributed by atoms with Gasteiger partial charge in [-0.15, -0.1) is 12.4 Å². The Morgan fingerprint density at radius 2 is 2.18 bits per heavy atom. The lowest BCUT2D eigenvalue weighted by Gasteiger charge is -2.34. The average molecular weight is 254 g/mol. The van der Waals surface area contributed by atoms with Gasteiger partial charge in [0.1, 0.15) is 0 Å². The molecular weight excluding hydrogens is 234 g/mol. The van der Waals surface area contributed by atoms with Crippen molar-refractivity contribution in [2.24, 2.45) is 11.8 Å². The van der Waals surface area contributed by atoms with Crippen LogP contribution in [-0.2, 0) is 6.54 Å². The summed E-state index contributed by atoms with van der Waals surface area (Å²) in [5.41, 5.74) is 1.20. The summed E-state index contributed by atoms with van der Waals surface area (Å²) in [6, 6.07) is 6.18. The van der Waals surface area contributed by atoms with Gasteiger partial charge in [-0.25, -0.2) is 0 Å². The molecule has 3 rings (SSSR count). The van der Waals surface area contributed by atoms with Gasteiger partial charge >= 0.3 is 0 Å². The van der Waals surface area contributed by atoms with Gasteiger partial charge in [-0.05, 0) is 50.0 Å². The molecule has 0 aromatic carbocycles. The molecule has 0 bridgehead atoms. The summed E-state index contributed by atoms with van der Waals surface area (Å²) in [5, 5.41) is 3.51. The molecule has 0 amide bonds. The molecule has 2 atom stereocenters. The maximum Gasteiger partial charge on any atom is 0.0543 e. The molecule has 1 aromatic heterocycles. The molecule has 1 N–H and O–H groups in total. The molecule has 2 unspecified atom stereocenters. The number of fused-ring (bicyclic) bond motifs is 1. The number of piperidine rings is 1. The third-order valence-corrected chi connectivity index (χ3v) is 3.90. The van der Waals surface area contributed by atoms with Crippen LogP contribution in [-0.4, -0.2) is 36.1 Å². The maximum absolute atomic E-state index is 4.40. The van der Waals surface area contributed by atoms with E-state index in [1.807, 2.05) is 12.3 Å². The SMILES string of the molecule is Cl.c1ccc(CN2CCC3CNCC3C2)nc1. The Balaban J connectivity index is 0.00000108. The van der Waals surface area contributed by atoms with Crippen molar-refractivity contribution >= 4 is 12.4 Å². The summed E-state index contributed by atoms with van der Waals surface area (Å²) in [4.78, 5) is 6.95. The predicted octanol–water partition coefficient (Wildman–Crippen LogP) is 1.54. The van der Waals surface area contributed by atoms with Crippen LogP contribution in [0.2, 0.25) is 0 Å². The highest BCUT2D eigenvalue weighted by atomic mass is 35.5. The van der Waals surface area contributed by atoms with Crippen molar-refractivity contribution in [2.75, 3.05) is 26.2 Å². The second-order valence-corrected chi connectivity index (χ2v) is 5.02. The van der Waals surface area contributed by atoms with Crippen molar-refractivity contribution < 1.29 is 0 Å². The van der Waals surface area contributed by atoms with Gasteiger partial charge in [-0.1, -0.05) is 6.07 Å². The van der Waals surface area contributed by atoms with Crippen molar-refractivity contribution in [1.29, 1.82) is 0 Å². The summed E-state index contributed by atoms with van der Waals surface area (Å²) in [5.74, 6) is 1.80. The molecule has 4 heteroatoms. The standard InChI is InChI=1S/C13H19N3.ClH/c1-2-5-15-13(3-1)10-16-6-4-11-7-14-8-12(11)9-16;/h1-3,5,11-12,14H,4,6-10H2;1H. The highest BCUT2D eigenvalue weighted by Gasteiger charge is 2.32. The van der Waals surface area contributed by atoms with E-state index in [2.05, 4.69) is 27.3 Å². The molecule has 3 heterocycles. The first-order valence-corrected chi connectivity index (χ1v) is 6.25. The lowest BCUT2D eigenvalue weighted by Crippen LogP contribution is -2.39. The van der Waals surface area contributed by atoms with Crippen molar-refractivity contribution in [3.8, 4) is 0 Å². The summed E-state index contributed by atoms with van der Waals surface area (Å²) in [6.45, 7) is 5.95. The molecule has 0 radical (unpaired) electrons. The molecule has 0 spiro atoms. The largest absolute Gasteiger partial charge is 0.316 e. The molecule has 2 saturated heterocycles. The van der Waals surface area contributed by atoms with Crippen LogP contribution >= 0.6 is 12.4 Å². The van der Waals surface area contributed by atoms with Gasteiger partial charge in [0.15, 0.2) is 0 Å². The number of pyridine rings is 1. The Labute approximate surface area is 109 Å². The van der Waals surface area contributed by atoms with E-state index in [0.717, 1.165) is 18.4 Å². The third-order valence-electron chi connectivity index (χ3n) is 3.90. The van der Waals surface area contributed by atoms with Gasteiger partial charge in [-0.3, -0.25) is 9.88 Å². The first-order valence-electron chi connectivity index (χ1n) is 6.25. The number of nitrogens with zero attached hydrogens (tertiary/aromatic N) is 2. The fourth-order valence-electron chi connectivity index (χ4n) is 2.97. The minimum Gasteiger partial charge on any atom is -0.316 e. The smallest absolute Gasteiger partial charge is 0.0543 e. The van der Waals surface area contributed by atoms with Crippen LogP contribution in [0.15, 0.2) is 24.4 Å². The number of nitrogens with one attached hydrogen (secondary N) is 1. The first kappa shape index (κ1) is 12.8. The van der Waals surface area contributed by atoms with Crippen molar-refractivity contribution in [1.82, 2.24) is 15.2 Å². The van der Waals surface area contributed by atoms with Gasteiger partial charge in [0, 0.05) is 19.3 Å². The molecule has 94 valence electrons. The Kier molecular flexibility index (Phi) is 4.37. The zero-order valence-corrected chi connectivity index (χ0v) is 10.8. The predicted molar refractivity (Wildman–Crippen MR) is 71.2 cm³/mol. The van der Waals surface area contributed by atoms with E-state index < -0.39 is 0 Å². The summed E-state index contributed by atoms with van der Waals surface area (Å²) < 4.78 is 0. The number of likely N-dealkylation sites (tertiary alicyclic amines) is 1. The second-order valence-electron chi connectivity index (χ2n) is 5.02. The van der Waals surface area contributed by atoms with E-state index in [9.17, 15) is 0 Å². The Bertz CT molecular complexity index is 344. The summed E-state index contributed by atoms with van der Waals surface area (Å²) >= 11 is 0. The number of aromatic nitrogens is 1. The summed E-state index contributed by atoms with van der Waals surface area (Å²) in [7, 11) is 0. The van der Waals surface area contributed by atoms with Crippen molar-refractivity contribution in [2.45, 2.75) is 13.0 Å². The van der Waals surface area contributed by atoms with E-state index >= 15 is 0 Å². The zero-order valence-electron chi connectivity index (χ0n) is 10.0. The monoisotopic (exact) mass is 253 g/mol. The Hall–Kier alpha value is -0.640. The topological polar surface area (TPSA) is 28.2 Å². The molecule has 2 fully saturated rings. The highest BCUT2D eigenvalue weighted by Crippen LogP contribution is 2.26. The van der Waals surface area contributed by atoms with Crippen molar-refractivity contribution in [3.05, 3.63) is 30.1 Å². The van der Waals surface area contributed by atoms with Crippen LogP contribution in [0.1, 0.15) is 12.1 Å². The van der Waals surface area contributed by atoms with Gasteiger partial charge in [0.25, 0.3) is 0 Å². The van der Waals surface area contributed by atoms with Gasteiger partial charge in [0.2, 0.25) is 0 Å². The molecule has 0 aliphatic carbocycles. The normalized spacial score (nSPS) is 28.5. The second kappa shape index (κ2) is 5.80. The first-order chi connectivity index (χ1) is 7.92. The average Bonchev–Trinajstić information content (AvgIpc) is 2.77. The lowest BCUT2D eigenvalue weighted by atomic mass is 9.89. The van der Waals surface area contributed by atoms with Crippen LogP contribution < -0.4 is 5.32 Å². The Morgan fingerprint density at radius 1 is 1.29 bits per heavy atom. The number of hydrogen-bond acceptors (Lipinski definition) is 3. The fourth-order valence-corrected chi connectivity index (χ4v) is 2.97. The van der Waals surface area contributed by atoms with Crippen LogP contribution in [0.4, 0.5) is 0 Å². The molecule has 0 saturated carbocycles. The highest BCUT2D eigenvalue weighted by molar-refractivity contribution is 5.85. The van der Waals surface area contributed by atoms with Crippen LogP contribution in [0.5, 0.6) is 0 Å². The molecule has 1 aromatic rings. The quantitative estimate of drug-likeness (QED) is 0.867. The van der Waals surface area contributed by atoms with Crippen molar-refractivity contribution in [3.63, 3.8) is 0 Å². The van der Waals surface area contributed by atoms with Gasteiger partial charge in [0.05, 0.1) is 5.69 Å². The van der Waals surface area contributed by atoms with E-state index in [4.69, 9.17) is 0 Å². The van der Waals surface area contributed by atoms with E-state index in [0.29, 0.717) is 0 Å². The fraction of sp³-hybridized carbons (Fsp3) is 0.615. The van der Waals surface area contributed by atoms with Crippen LogP contribution in [0.25, 0.3) is 0 Å². The van der Waals surface area contributed by atoms with Crippen LogP contribution in [0, 0.1) is 11.8 Å². The van der Waals surface area contributed by atoms with Gasteiger partial charge < -0.3 is 5.32 Å². The van der Waals surface area contributed by atoms with Crippen LogP contribution in [0.3, 0.4) is 0 Å².